The van der Waals surface area contributed by atoms with Gasteiger partial charge < -0.3 is 19.9 Å². The van der Waals surface area contributed by atoms with Crippen molar-refractivity contribution >= 4 is 27.8 Å². The zero-order chi connectivity index (χ0) is 14.4. The van der Waals surface area contributed by atoms with Crippen molar-refractivity contribution in [1.29, 1.82) is 0 Å². The Balaban J connectivity index is 2.86. The molecule has 2 N–H and O–H groups in total. The van der Waals surface area contributed by atoms with E-state index in [1.807, 2.05) is 0 Å². The summed E-state index contributed by atoms with van der Waals surface area (Å²) in [5.41, 5.74) is 0.616. The number of methoxy groups -OCH3 is 2. The lowest BCUT2D eigenvalue weighted by Gasteiger charge is -2.12. The van der Waals surface area contributed by atoms with Crippen LogP contribution < -0.4 is 14.8 Å². The Bertz CT molecular complexity index is 489. The molecule has 7 heteroatoms. The highest BCUT2D eigenvalue weighted by atomic mass is 79.9. The number of hydrogen-bond donors (Lipinski definition) is 2. The van der Waals surface area contributed by atoms with Crippen LogP contribution in [0.3, 0.4) is 0 Å². The Morgan fingerprint density at radius 2 is 1.89 bits per heavy atom. The van der Waals surface area contributed by atoms with Crippen molar-refractivity contribution in [3.05, 3.63) is 22.2 Å². The largest absolute Gasteiger partial charge is 0.496 e. The fraction of sp³-hybridized carbons (Fsp3) is 0.333. The minimum Gasteiger partial charge on any atom is -0.496 e. The molecule has 0 bridgehead atoms. The van der Waals surface area contributed by atoms with Crippen molar-refractivity contribution < 1.29 is 24.2 Å². The van der Waals surface area contributed by atoms with Gasteiger partial charge in [0.1, 0.15) is 18.0 Å². The van der Waals surface area contributed by atoms with Crippen LogP contribution in [-0.4, -0.2) is 37.7 Å². The summed E-state index contributed by atoms with van der Waals surface area (Å²) in [7, 11) is 3.01. The molecule has 0 fully saturated rings. The fourth-order valence-electron chi connectivity index (χ4n) is 1.47. The van der Waals surface area contributed by atoms with Crippen molar-refractivity contribution in [2.24, 2.45) is 0 Å². The second kappa shape index (κ2) is 6.98. The summed E-state index contributed by atoms with van der Waals surface area (Å²) in [6.45, 7) is -0.408. The highest BCUT2D eigenvalue weighted by molar-refractivity contribution is 9.10. The normalized spacial score (nSPS) is 9.84. The lowest BCUT2D eigenvalue weighted by molar-refractivity contribution is -0.137. The topological polar surface area (TPSA) is 84.9 Å². The molecule has 0 unspecified atom stereocenters. The molecule has 1 rings (SSSR count). The zero-order valence-electron chi connectivity index (χ0n) is 10.5. The first-order valence-electron chi connectivity index (χ1n) is 5.36. The maximum absolute atomic E-state index is 11.6. The summed E-state index contributed by atoms with van der Waals surface area (Å²) < 4.78 is 11.0. The van der Waals surface area contributed by atoms with Crippen LogP contribution >= 0.6 is 15.9 Å². The maximum atomic E-state index is 11.6. The van der Waals surface area contributed by atoms with E-state index in [9.17, 15) is 9.59 Å². The molecule has 0 atom stereocenters. The van der Waals surface area contributed by atoms with Crippen LogP contribution in [0.15, 0.2) is 16.6 Å². The molecule has 0 radical (unpaired) electrons. The first-order valence-corrected chi connectivity index (χ1v) is 6.16. The van der Waals surface area contributed by atoms with E-state index in [0.717, 1.165) is 0 Å². The minimum atomic E-state index is -1.09. The monoisotopic (exact) mass is 331 g/mol. The van der Waals surface area contributed by atoms with Gasteiger partial charge in [-0.25, -0.2) is 0 Å². The first kappa shape index (κ1) is 15.3. The van der Waals surface area contributed by atoms with E-state index < -0.39 is 18.4 Å². The Morgan fingerprint density at radius 1 is 1.26 bits per heavy atom. The molecular weight excluding hydrogens is 318 g/mol. The number of aliphatic carboxylic acids is 1. The maximum Gasteiger partial charge on any atom is 0.322 e. The molecule has 1 aromatic carbocycles. The Kier molecular flexibility index (Phi) is 5.62. The van der Waals surface area contributed by atoms with Crippen LogP contribution in [-0.2, 0) is 16.0 Å². The van der Waals surface area contributed by atoms with Crippen LogP contribution in [0.5, 0.6) is 11.5 Å². The van der Waals surface area contributed by atoms with Gasteiger partial charge in [-0.2, -0.15) is 0 Å². The summed E-state index contributed by atoms with van der Waals surface area (Å²) in [6, 6.07) is 3.36. The van der Waals surface area contributed by atoms with Crippen molar-refractivity contribution in [3.8, 4) is 11.5 Å². The van der Waals surface area contributed by atoms with Crippen LogP contribution in [0.2, 0.25) is 0 Å². The molecule has 1 aromatic rings. The van der Waals surface area contributed by atoms with Gasteiger partial charge in [-0.1, -0.05) is 0 Å². The number of halogens is 1. The predicted molar refractivity (Wildman–Crippen MR) is 71.6 cm³/mol. The molecule has 0 aromatic heterocycles. The highest BCUT2D eigenvalue weighted by Crippen LogP contribution is 2.32. The molecule has 0 aliphatic carbocycles. The Morgan fingerprint density at radius 3 is 2.42 bits per heavy atom. The van der Waals surface area contributed by atoms with E-state index in [1.54, 1.807) is 12.1 Å². The summed E-state index contributed by atoms with van der Waals surface area (Å²) in [5, 5.41) is 10.8. The van der Waals surface area contributed by atoms with Crippen molar-refractivity contribution in [1.82, 2.24) is 5.32 Å². The Labute approximate surface area is 118 Å². The van der Waals surface area contributed by atoms with Crippen molar-refractivity contribution in [2.75, 3.05) is 20.8 Å². The number of benzene rings is 1. The minimum absolute atomic E-state index is 0.0140. The lowest BCUT2D eigenvalue weighted by Crippen LogP contribution is -2.30. The molecule has 0 aliphatic rings. The van der Waals surface area contributed by atoms with Gasteiger partial charge in [-0.3, -0.25) is 9.59 Å². The van der Waals surface area contributed by atoms with Gasteiger partial charge in [0.05, 0.1) is 25.1 Å². The third-order valence-electron chi connectivity index (χ3n) is 2.34. The number of carboxylic acid groups (broad SMARTS) is 1. The molecule has 104 valence electrons. The number of amides is 1. The molecule has 0 aliphatic heterocycles. The second-order valence-corrected chi connectivity index (χ2v) is 4.50. The van der Waals surface area contributed by atoms with Gasteiger partial charge in [0.25, 0.3) is 0 Å². The predicted octanol–water partition coefficient (Wildman–Crippen LogP) is 1.21. The van der Waals surface area contributed by atoms with E-state index in [4.69, 9.17) is 14.6 Å². The molecule has 0 saturated carbocycles. The number of ether oxygens (including phenoxy) is 2. The average molecular weight is 332 g/mol. The van der Waals surface area contributed by atoms with Gasteiger partial charge >= 0.3 is 5.97 Å². The van der Waals surface area contributed by atoms with Crippen LogP contribution in [0.25, 0.3) is 0 Å². The molecule has 19 heavy (non-hydrogen) atoms. The molecule has 0 spiro atoms. The first-order chi connectivity index (χ1) is 8.97. The van der Waals surface area contributed by atoms with E-state index in [1.165, 1.54) is 14.2 Å². The molecule has 0 saturated heterocycles. The van der Waals surface area contributed by atoms with Gasteiger partial charge in [0.15, 0.2) is 0 Å². The third-order valence-corrected chi connectivity index (χ3v) is 2.96. The summed E-state index contributed by atoms with van der Waals surface area (Å²) in [5.74, 6) is -0.390. The number of hydrogen-bond acceptors (Lipinski definition) is 4. The van der Waals surface area contributed by atoms with Crippen LogP contribution in [0, 0.1) is 0 Å². The Hall–Kier alpha value is -1.76. The summed E-state index contributed by atoms with van der Waals surface area (Å²) >= 11 is 3.32. The fourth-order valence-corrected chi connectivity index (χ4v) is 1.96. The molecular formula is C12H14BrNO5. The van der Waals surface area contributed by atoms with Crippen molar-refractivity contribution in [2.45, 2.75) is 6.42 Å². The highest BCUT2D eigenvalue weighted by Gasteiger charge is 2.13. The number of carbonyl (C=O) groups excluding carboxylic acids is 1. The third kappa shape index (κ3) is 4.44. The quantitative estimate of drug-likeness (QED) is 0.818. The van der Waals surface area contributed by atoms with Crippen molar-refractivity contribution in [3.63, 3.8) is 0 Å². The van der Waals surface area contributed by atoms with Crippen LogP contribution in [0.4, 0.5) is 0 Å². The number of nitrogens with one attached hydrogen (secondary N) is 1. The number of carboxylic acids is 1. The summed E-state index contributed by atoms with van der Waals surface area (Å²) in [6.07, 6.45) is 0.0140. The average Bonchev–Trinajstić information content (AvgIpc) is 2.37. The van der Waals surface area contributed by atoms with Gasteiger partial charge in [-0.15, -0.1) is 0 Å². The van der Waals surface area contributed by atoms with E-state index in [-0.39, 0.29) is 6.42 Å². The van der Waals surface area contributed by atoms with Gasteiger partial charge in [0.2, 0.25) is 5.91 Å². The number of rotatable bonds is 6. The zero-order valence-corrected chi connectivity index (χ0v) is 12.1. The van der Waals surface area contributed by atoms with Gasteiger partial charge in [-0.05, 0) is 28.1 Å². The molecule has 6 nitrogen and oxygen atoms in total. The number of carbonyl (C=O) groups is 2. The second-order valence-electron chi connectivity index (χ2n) is 3.65. The summed E-state index contributed by atoms with van der Waals surface area (Å²) in [4.78, 5) is 21.9. The SMILES string of the molecule is COc1cc(CC(=O)NCC(=O)O)c(OC)cc1Br. The molecule has 1 amide bonds. The van der Waals surface area contributed by atoms with E-state index >= 15 is 0 Å². The van der Waals surface area contributed by atoms with Crippen LogP contribution in [0.1, 0.15) is 5.56 Å². The molecule has 0 heterocycles. The van der Waals surface area contributed by atoms with E-state index in [0.29, 0.717) is 21.5 Å². The van der Waals surface area contributed by atoms with E-state index in [2.05, 4.69) is 21.2 Å². The smallest absolute Gasteiger partial charge is 0.322 e. The standard InChI is InChI=1S/C12H14BrNO5/c1-18-9-5-8(13)10(19-2)3-7(9)4-11(15)14-6-12(16)17/h3,5H,4,6H2,1-2H3,(H,14,15)(H,16,17). The van der Waals surface area contributed by atoms with Gasteiger partial charge in [0, 0.05) is 5.56 Å². The lowest BCUT2D eigenvalue weighted by atomic mass is 10.1.